The summed E-state index contributed by atoms with van der Waals surface area (Å²) in [6, 6.07) is 53.7. The number of aryl methyl sites for hydroxylation is 9. The Morgan fingerprint density at radius 2 is 0.763 bits per heavy atom. The third-order valence-corrected chi connectivity index (χ3v) is 19.0. The van der Waals surface area contributed by atoms with Gasteiger partial charge in [0.25, 0.3) is 0 Å². The van der Waals surface area contributed by atoms with Crippen LogP contribution in [0, 0.1) is 34.5 Å². The molecule has 0 aliphatic rings. The summed E-state index contributed by atoms with van der Waals surface area (Å²) in [5.74, 6) is 0. The molecule has 0 unspecified atom stereocenters. The molecule has 7 aromatic heterocycles. The molecule has 7 nitrogen and oxygen atoms in total. The van der Waals surface area contributed by atoms with Crippen LogP contribution in [0.25, 0.3) is 99.2 Å². The van der Waals surface area contributed by atoms with Gasteiger partial charge in [0.15, 0.2) is 24.8 Å². The van der Waals surface area contributed by atoms with Crippen LogP contribution >= 0.6 is 0 Å². The second-order valence-electron chi connectivity index (χ2n) is 30.4. The molecule has 0 N–H and O–H groups in total. The maximum Gasteiger partial charge on any atom is 0.221 e. The molecule has 0 aliphatic heterocycles. The van der Waals surface area contributed by atoms with Crippen LogP contribution in [0.3, 0.4) is 0 Å². The van der Waals surface area contributed by atoms with Crippen LogP contribution in [0.15, 0.2) is 214 Å². The summed E-state index contributed by atoms with van der Waals surface area (Å²) >= 11 is 0. The second-order valence-corrected chi connectivity index (χ2v) is 30.4. The Balaban J connectivity index is 0.000000148. The van der Waals surface area contributed by atoms with Gasteiger partial charge >= 0.3 is 0 Å². The Morgan fingerprint density at radius 3 is 1.16 bits per heavy atom. The summed E-state index contributed by atoms with van der Waals surface area (Å²) in [5.41, 5.74) is 22.3. The minimum atomic E-state index is -2.31. The van der Waals surface area contributed by atoms with Crippen LogP contribution in [0.2, 0.25) is 0 Å². The van der Waals surface area contributed by atoms with Crippen molar-refractivity contribution in [2.75, 3.05) is 0 Å². The number of rotatable bonds is 6. The number of aromatic nitrogens is 7. The first-order chi connectivity index (χ1) is 47.7. The van der Waals surface area contributed by atoms with E-state index in [9.17, 15) is 0 Å². The molecular weight excluding hydrogens is 1180 g/mol. The van der Waals surface area contributed by atoms with Crippen LogP contribution < -0.4 is 18.3 Å². The average Bonchev–Trinajstić information content (AvgIpc) is 0.776. The fourth-order valence-corrected chi connectivity index (χ4v) is 13.0. The van der Waals surface area contributed by atoms with Gasteiger partial charge in [0.2, 0.25) is 22.8 Å². The summed E-state index contributed by atoms with van der Waals surface area (Å²) in [6.45, 7) is 34.3. The number of hydrogen-bond donors (Lipinski definition) is 0. The van der Waals surface area contributed by atoms with Gasteiger partial charge in [-0.2, -0.15) is 0 Å². The van der Waals surface area contributed by atoms with Crippen molar-refractivity contribution in [3.63, 3.8) is 0 Å². The Bertz CT molecular complexity index is 5130. The van der Waals surface area contributed by atoms with Crippen molar-refractivity contribution in [2.24, 2.45) is 28.2 Å². The highest BCUT2D eigenvalue weighted by molar-refractivity contribution is 5.97. The highest BCUT2D eigenvalue weighted by Crippen LogP contribution is 2.38. The van der Waals surface area contributed by atoms with Crippen molar-refractivity contribution < 1.29 is 25.1 Å². The summed E-state index contributed by atoms with van der Waals surface area (Å²) in [7, 11) is 8.27. The predicted molar refractivity (Wildman–Crippen MR) is 409 cm³/mol. The zero-order valence-corrected chi connectivity index (χ0v) is 61.3. The molecule has 0 fully saturated rings. The molecule has 0 atom stereocenters. The normalized spacial score (nSPS) is 12.9. The highest BCUT2D eigenvalue weighted by Gasteiger charge is 2.26. The smallest absolute Gasteiger partial charge is 0.221 e. The molecule has 0 amide bonds. The second kappa shape index (κ2) is 28.2. The van der Waals surface area contributed by atoms with Gasteiger partial charge in [-0.25, -0.2) is 18.3 Å². The van der Waals surface area contributed by atoms with Crippen molar-refractivity contribution in [2.45, 2.75) is 153 Å². The van der Waals surface area contributed by atoms with Crippen molar-refractivity contribution >= 4 is 43.1 Å². The maximum absolute atomic E-state index is 8.26. The summed E-state index contributed by atoms with van der Waals surface area (Å²) in [5, 5.41) is 9.79. The number of benzene rings is 6. The first kappa shape index (κ1) is 63.5. The van der Waals surface area contributed by atoms with Gasteiger partial charge in [-0.05, 0) is 200 Å². The molecule has 0 saturated carbocycles. The van der Waals surface area contributed by atoms with Crippen molar-refractivity contribution in [3.8, 4) is 56.2 Å². The molecule has 494 valence electrons. The Kier molecular flexibility index (Phi) is 18.5. The third-order valence-electron chi connectivity index (χ3n) is 19.0. The number of hydrogen-bond acceptors (Lipinski definition) is 3. The van der Waals surface area contributed by atoms with Crippen molar-refractivity contribution in [1.29, 1.82) is 0 Å². The van der Waals surface area contributed by atoms with E-state index in [-0.39, 0.29) is 27.2 Å². The first-order valence-corrected chi connectivity index (χ1v) is 33.9. The van der Waals surface area contributed by atoms with Gasteiger partial charge in [-0.3, -0.25) is 15.0 Å². The Labute approximate surface area is 586 Å². The molecule has 0 spiro atoms. The fourth-order valence-electron chi connectivity index (χ4n) is 13.0. The monoisotopic (exact) mass is 1290 g/mol. The van der Waals surface area contributed by atoms with E-state index in [2.05, 4.69) is 306 Å². The molecule has 6 aromatic carbocycles. The highest BCUT2D eigenvalue weighted by atomic mass is 14.9. The van der Waals surface area contributed by atoms with Crippen molar-refractivity contribution in [1.82, 2.24) is 15.0 Å². The topological polar surface area (TPSA) is 54.2 Å². The standard InChI is InChI=1S/C26H27N2.C24H30N.2C20H23N2/c1-18-8-9-19(21-7-6-13-27-17-21)16-24(18)25-23-11-10-22(26(2,3)4)15-20(23)12-14-28(25)5;1-8-18-13-16(2)14-22(17(18)3)23-21-10-9-20(24(4,5)6)15-19(21)11-12-25(23)7;1-14-13-21-10-8-17(14)19-18-7-6-16(20(2,3)4)12-15(18)9-11-22(19)5;1-14-8-10-21-13-18(14)19-17-7-6-16(20(2,3)4)12-15(17)9-11-22(19)5/h6-17H,1-5H3;9-15H,8H2,1-7H3;2*6-13H,1-5H3/q4*+1/i;2D3,8D2;;. The summed E-state index contributed by atoms with van der Waals surface area (Å²) < 4.78 is 48.9. The van der Waals surface area contributed by atoms with Crippen LogP contribution in [0.4, 0.5) is 0 Å². The third kappa shape index (κ3) is 15.5. The molecule has 97 heavy (non-hydrogen) atoms. The van der Waals surface area contributed by atoms with E-state index >= 15 is 0 Å². The molecule has 0 saturated heterocycles. The SMILES string of the molecule is Cc1ccc(-c2cccnc2)cc1-c1c2ccc(C(C)(C)C)cc2cc[n+]1C.Cc1ccncc1-c1c2ccc(C(C)(C)C)cc2cc[n+]1C.Cc1cnccc1-c1c2ccc(C(C)(C)C)cc2cc[n+]1C.[2H]C([2H])([2H])c1cc(-c2c3ccc(C(C)(C)C)cc3cc[n+]2C)c(C)c(C([2H])([2H])C)c1. The number of fused-ring (bicyclic) bond motifs is 4. The largest absolute Gasteiger partial charge is 0.264 e. The Morgan fingerprint density at radius 1 is 0.361 bits per heavy atom. The van der Waals surface area contributed by atoms with Gasteiger partial charge in [0.1, 0.15) is 28.2 Å². The average molecular weight is 1290 g/mol. The van der Waals surface area contributed by atoms with Gasteiger partial charge in [-0.1, -0.05) is 163 Å². The molecule has 7 heteroatoms. The predicted octanol–water partition coefficient (Wildman–Crippen LogP) is 20.5. The van der Waals surface area contributed by atoms with E-state index in [1.54, 1.807) is 6.07 Å². The molecular formula is C90H103N7+4. The molecule has 13 aromatic rings. The maximum atomic E-state index is 8.26. The fraction of sp³-hybridized carbons (Fsp3) is 0.300. The number of nitrogens with zero attached hydrogens (tertiary/aromatic N) is 7. The van der Waals surface area contributed by atoms with Gasteiger partial charge in [-0.15, -0.1) is 0 Å². The zero-order chi connectivity index (χ0) is 74.3. The van der Waals surface area contributed by atoms with Gasteiger partial charge in [0.05, 0.1) is 43.8 Å². The Hall–Kier alpha value is -9.59. The molecule has 0 bridgehead atoms. The quantitative estimate of drug-likeness (QED) is 0.156. The lowest BCUT2D eigenvalue weighted by molar-refractivity contribution is -0.659. The minimum absolute atomic E-state index is 0.0227. The van der Waals surface area contributed by atoms with Crippen LogP contribution in [0.5, 0.6) is 0 Å². The molecule has 13 rings (SSSR count). The van der Waals surface area contributed by atoms with Crippen LogP contribution in [-0.4, -0.2) is 15.0 Å². The zero-order valence-electron chi connectivity index (χ0n) is 66.3. The first-order valence-electron chi connectivity index (χ1n) is 36.4. The molecule has 7 heterocycles. The molecule has 0 aliphatic carbocycles. The van der Waals surface area contributed by atoms with Gasteiger partial charge < -0.3 is 0 Å². The van der Waals surface area contributed by atoms with E-state index < -0.39 is 13.2 Å². The lowest BCUT2D eigenvalue weighted by atomic mass is 9.85. The lowest BCUT2D eigenvalue weighted by Crippen LogP contribution is -2.31. The van der Waals surface area contributed by atoms with Crippen LogP contribution in [-0.2, 0) is 56.2 Å². The van der Waals surface area contributed by atoms with E-state index in [0.29, 0.717) is 5.56 Å². The number of pyridine rings is 7. The van der Waals surface area contributed by atoms with Crippen molar-refractivity contribution in [3.05, 3.63) is 269 Å². The van der Waals surface area contributed by atoms with E-state index in [1.165, 1.54) is 124 Å². The van der Waals surface area contributed by atoms with E-state index in [1.807, 2.05) is 68.0 Å². The summed E-state index contributed by atoms with van der Waals surface area (Å²) in [4.78, 5) is 12.8. The van der Waals surface area contributed by atoms with Crippen LogP contribution in [0.1, 0.15) is 152 Å². The summed E-state index contributed by atoms with van der Waals surface area (Å²) in [6.07, 6.45) is 18.1. The molecule has 0 radical (unpaired) electrons. The van der Waals surface area contributed by atoms with E-state index in [0.717, 1.165) is 33.2 Å². The minimum Gasteiger partial charge on any atom is -0.264 e. The lowest BCUT2D eigenvalue weighted by Gasteiger charge is -2.20. The van der Waals surface area contributed by atoms with E-state index in [4.69, 9.17) is 6.85 Å². The van der Waals surface area contributed by atoms with Gasteiger partial charge in [0, 0.05) is 73.9 Å².